The molecule has 0 saturated carbocycles. The molecule has 2 amide bonds. The zero-order valence-corrected chi connectivity index (χ0v) is 18.5. The van der Waals surface area contributed by atoms with Crippen LogP contribution < -0.4 is 15.5 Å². The molecular weight excluding hydrogens is 418 g/mol. The molecule has 8 nitrogen and oxygen atoms in total. The second-order valence-electron chi connectivity index (χ2n) is 7.17. The molecule has 0 unspecified atom stereocenters. The van der Waals surface area contributed by atoms with E-state index in [4.69, 9.17) is 9.47 Å². The molecule has 1 aromatic carbocycles. The number of methoxy groups -OCH3 is 1. The van der Waals surface area contributed by atoms with E-state index in [9.17, 15) is 14.4 Å². The van der Waals surface area contributed by atoms with Crippen molar-refractivity contribution in [2.24, 2.45) is 11.0 Å². The Labute approximate surface area is 184 Å². The van der Waals surface area contributed by atoms with E-state index in [1.54, 1.807) is 25.1 Å². The van der Waals surface area contributed by atoms with E-state index in [1.807, 2.05) is 6.07 Å². The molecule has 0 spiro atoms. The molecule has 1 aliphatic carbocycles. The molecule has 2 aromatic rings. The summed E-state index contributed by atoms with van der Waals surface area (Å²) in [5.41, 5.74) is 4.11. The fraction of sp³-hybridized carbons (Fsp3) is 0.364. The summed E-state index contributed by atoms with van der Waals surface area (Å²) in [6, 6.07) is 7.13. The van der Waals surface area contributed by atoms with Crippen LogP contribution in [0.1, 0.15) is 46.6 Å². The van der Waals surface area contributed by atoms with E-state index >= 15 is 0 Å². The lowest BCUT2D eigenvalue weighted by molar-refractivity contribution is -0.136. The molecule has 9 heteroatoms. The van der Waals surface area contributed by atoms with Crippen LogP contribution in [0.2, 0.25) is 0 Å². The average molecular weight is 444 g/mol. The van der Waals surface area contributed by atoms with Gasteiger partial charge in [0, 0.05) is 10.4 Å². The minimum atomic E-state index is -0.944. The molecule has 2 N–H and O–H groups in total. The predicted molar refractivity (Wildman–Crippen MR) is 119 cm³/mol. The smallest absolute Gasteiger partial charge is 0.341 e. The van der Waals surface area contributed by atoms with Crippen molar-refractivity contribution in [3.8, 4) is 5.75 Å². The molecule has 0 bridgehead atoms. The van der Waals surface area contributed by atoms with Crippen molar-refractivity contribution in [1.29, 1.82) is 0 Å². The van der Waals surface area contributed by atoms with Gasteiger partial charge in [0.1, 0.15) is 10.8 Å². The second kappa shape index (κ2) is 10.2. The summed E-state index contributed by atoms with van der Waals surface area (Å²) >= 11 is 1.32. The number of hydrazone groups is 1. The van der Waals surface area contributed by atoms with Gasteiger partial charge >= 0.3 is 17.8 Å². The van der Waals surface area contributed by atoms with Crippen molar-refractivity contribution in [3.05, 3.63) is 45.8 Å². The van der Waals surface area contributed by atoms with Crippen LogP contribution in [0.4, 0.5) is 5.00 Å². The third-order valence-corrected chi connectivity index (χ3v) is 6.10. The number of rotatable bonds is 6. The minimum absolute atomic E-state index is 0.228. The van der Waals surface area contributed by atoms with Gasteiger partial charge in [-0.1, -0.05) is 19.1 Å². The first-order chi connectivity index (χ1) is 14.9. The quantitative estimate of drug-likeness (QED) is 0.309. The van der Waals surface area contributed by atoms with Gasteiger partial charge in [-0.15, -0.1) is 11.3 Å². The maximum absolute atomic E-state index is 12.5. The lowest BCUT2D eigenvalue weighted by atomic mass is 9.88. The summed E-state index contributed by atoms with van der Waals surface area (Å²) in [4.78, 5) is 38.2. The van der Waals surface area contributed by atoms with E-state index in [2.05, 4.69) is 22.8 Å². The monoisotopic (exact) mass is 443 g/mol. The number of anilines is 1. The normalized spacial score (nSPS) is 15.3. The van der Waals surface area contributed by atoms with E-state index < -0.39 is 17.8 Å². The predicted octanol–water partition coefficient (Wildman–Crippen LogP) is 3.15. The molecule has 1 atom stereocenters. The summed E-state index contributed by atoms with van der Waals surface area (Å²) < 4.78 is 10.4. The number of hydrogen-bond donors (Lipinski definition) is 2. The van der Waals surface area contributed by atoms with Gasteiger partial charge in [0.15, 0.2) is 0 Å². The van der Waals surface area contributed by atoms with Crippen molar-refractivity contribution in [3.63, 3.8) is 0 Å². The van der Waals surface area contributed by atoms with Crippen LogP contribution in [0, 0.1) is 5.92 Å². The second-order valence-corrected chi connectivity index (χ2v) is 8.28. The summed E-state index contributed by atoms with van der Waals surface area (Å²) in [6.45, 7) is 4.10. The number of nitrogens with zero attached hydrogens (tertiary/aromatic N) is 1. The van der Waals surface area contributed by atoms with Gasteiger partial charge in [-0.2, -0.15) is 5.10 Å². The number of thiophene rings is 1. The van der Waals surface area contributed by atoms with Gasteiger partial charge in [-0.25, -0.2) is 10.2 Å². The number of fused-ring (bicyclic) bond motifs is 1. The van der Waals surface area contributed by atoms with Gasteiger partial charge in [0.25, 0.3) is 0 Å². The lowest BCUT2D eigenvalue weighted by Crippen LogP contribution is -2.32. The molecule has 31 heavy (non-hydrogen) atoms. The maximum atomic E-state index is 12.5. The Hall–Kier alpha value is -3.20. The highest BCUT2D eigenvalue weighted by Crippen LogP contribution is 2.40. The number of nitrogens with one attached hydrogen (secondary N) is 2. The fourth-order valence-corrected chi connectivity index (χ4v) is 4.80. The van der Waals surface area contributed by atoms with Crippen LogP contribution in [0.25, 0.3) is 0 Å². The van der Waals surface area contributed by atoms with Crippen molar-refractivity contribution < 1.29 is 23.9 Å². The standard InChI is InChI=1S/C22H25N3O5S/c1-4-30-22(28)18-15-10-9-13(2)11-17(15)31-21(18)24-19(26)20(27)25-23-12-14-7-5-6-8-16(14)29-3/h5-8,12-13H,4,9-11H2,1-3H3,(H,24,26)(H,25,27)/b23-12-/t13-/m0/s1. The molecule has 1 aromatic heterocycles. The fourth-order valence-electron chi connectivity index (χ4n) is 3.40. The lowest BCUT2D eigenvalue weighted by Gasteiger charge is -2.18. The third-order valence-electron chi connectivity index (χ3n) is 4.93. The number of carbonyl (C=O) groups excluding carboxylic acids is 3. The van der Waals surface area contributed by atoms with Gasteiger partial charge in [0.05, 0.1) is 25.5 Å². The Morgan fingerprint density at radius 3 is 2.77 bits per heavy atom. The van der Waals surface area contributed by atoms with Crippen molar-refractivity contribution in [2.45, 2.75) is 33.1 Å². The Bertz CT molecular complexity index is 1010. The van der Waals surface area contributed by atoms with E-state index in [1.165, 1.54) is 24.7 Å². The summed E-state index contributed by atoms with van der Waals surface area (Å²) in [7, 11) is 1.53. The Balaban J connectivity index is 1.72. The largest absolute Gasteiger partial charge is 0.496 e. The number of esters is 1. The van der Waals surface area contributed by atoms with Crippen LogP contribution in [-0.4, -0.2) is 37.7 Å². The van der Waals surface area contributed by atoms with Crippen LogP contribution in [0.15, 0.2) is 29.4 Å². The molecular formula is C22H25N3O5S. The number of hydrogen-bond acceptors (Lipinski definition) is 7. The number of para-hydroxylation sites is 1. The van der Waals surface area contributed by atoms with Crippen molar-refractivity contribution >= 4 is 40.3 Å². The molecule has 0 radical (unpaired) electrons. The molecule has 0 saturated heterocycles. The highest BCUT2D eigenvalue weighted by atomic mass is 32.1. The van der Waals surface area contributed by atoms with Gasteiger partial charge in [-0.05, 0) is 49.8 Å². The van der Waals surface area contributed by atoms with Gasteiger partial charge in [-0.3, -0.25) is 9.59 Å². The number of carbonyl (C=O) groups is 3. The Morgan fingerprint density at radius 1 is 1.26 bits per heavy atom. The summed E-state index contributed by atoms with van der Waals surface area (Å²) in [5.74, 6) is -1.26. The molecule has 1 heterocycles. The Kier molecular flexibility index (Phi) is 7.41. The molecule has 0 fully saturated rings. The highest BCUT2D eigenvalue weighted by Gasteiger charge is 2.30. The van der Waals surface area contributed by atoms with Crippen molar-refractivity contribution in [2.75, 3.05) is 19.0 Å². The number of ether oxygens (including phenoxy) is 2. The zero-order valence-electron chi connectivity index (χ0n) is 17.7. The van der Waals surface area contributed by atoms with Crippen LogP contribution >= 0.6 is 11.3 Å². The first-order valence-corrected chi connectivity index (χ1v) is 10.8. The molecule has 0 aliphatic heterocycles. The number of benzene rings is 1. The van der Waals surface area contributed by atoms with Gasteiger partial charge in [0.2, 0.25) is 0 Å². The topological polar surface area (TPSA) is 106 Å². The van der Waals surface area contributed by atoms with Crippen LogP contribution in [0.3, 0.4) is 0 Å². The zero-order chi connectivity index (χ0) is 22.4. The van der Waals surface area contributed by atoms with Crippen LogP contribution in [-0.2, 0) is 27.2 Å². The molecule has 3 rings (SSSR count). The SMILES string of the molecule is CCOC(=O)c1c(NC(=O)C(=O)N/N=C\c2ccccc2OC)sc2c1CC[C@H](C)C2. The first-order valence-electron chi connectivity index (χ1n) is 10.0. The van der Waals surface area contributed by atoms with E-state index in [0.717, 1.165) is 29.7 Å². The summed E-state index contributed by atoms with van der Waals surface area (Å²) in [6.07, 6.45) is 3.92. The van der Waals surface area contributed by atoms with E-state index in [0.29, 0.717) is 27.8 Å². The Morgan fingerprint density at radius 2 is 2.03 bits per heavy atom. The van der Waals surface area contributed by atoms with Crippen molar-refractivity contribution in [1.82, 2.24) is 5.43 Å². The summed E-state index contributed by atoms with van der Waals surface area (Å²) in [5, 5.41) is 6.72. The highest BCUT2D eigenvalue weighted by molar-refractivity contribution is 7.17. The van der Waals surface area contributed by atoms with Gasteiger partial charge < -0.3 is 14.8 Å². The average Bonchev–Trinajstić information content (AvgIpc) is 3.10. The van der Waals surface area contributed by atoms with E-state index in [-0.39, 0.29) is 6.61 Å². The maximum Gasteiger partial charge on any atom is 0.341 e. The minimum Gasteiger partial charge on any atom is -0.496 e. The third kappa shape index (κ3) is 5.29. The first kappa shape index (κ1) is 22.5. The van der Waals surface area contributed by atoms with Crippen LogP contribution in [0.5, 0.6) is 5.75 Å². The molecule has 1 aliphatic rings. The number of amides is 2. The molecule has 164 valence electrons.